The van der Waals surface area contributed by atoms with E-state index in [-0.39, 0.29) is 5.91 Å². The van der Waals surface area contributed by atoms with E-state index >= 15 is 0 Å². The monoisotopic (exact) mass is 424 g/mol. The van der Waals surface area contributed by atoms with Gasteiger partial charge in [0.25, 0.3) is 5.91 Å². The van der Waals surface area contributed by atoms with Crippen LogP contribution in [0, 0.1) is 6.92 Å². The van der Waals surface area contributed by atoms with Gasteiger partial charge in [-0.1, -0.05) is 23.7 Å². The molecule has 30 heavy (non-hydrogen) atoms. The molecule has 156 valence electrons. The van der Waals surface area contributed by atoms with Crippen LogP contribution in [-0.2, 0) is 0 Å². The first-order valence-corrected chi connectivity index (χ1v) is 10.6. The minimum absolute atomic E-state index is 0.114. The van der Waals surface area contributed by atoms with Gasteiger partial charge in [-0.15, -0.1) is 0 Å². The quantitative estimate of drug-likeness (QED) is 0.513. The molecule has 0 saturated heterocycles. The lowest BCUT2D eigenvalue weighted by atomic mass is 10.1. The van der Waals surface area contributed by atoms with Gasteiger partial charge in [-0.3, -0.25) is 14.6 Å². The molecule has 0 N–H and O–H groups in total. The van der Waals surface area contributed by atoms with E-state index in [9.17, 15) is 4.79 Å². The molecule has 0 fully saturated rings. The Bertz CT molecular complexity index is 974. The van der Waals surface area contributed by atoms with E-state index in [1.165, 1.54) is 11.8 Å². The summed E-state index contributed by atoms with van der Waals surface area (Å²) in [5, 5.41) is 0.322. The molecular weight excluding hydrogens is 400 g/mol. The lowest BCUT2D eigenvalue weighted by Gasteiger charge is -2.26. The average molecular weight is 425 g/mol. The highest BCUT2D eigenvalue weighted by Crippen LogP contribution is 2.28. The van der Waals surface area contributed by atoms with Crippen LogP contribution in [0.15, 0.2) is 54.2 Å². The maximum absolute atomic E-state index is 12.9. The second kappa shape index (κ2) is 9.41. The molecule has 0 spiro atoms. The first-order valence-electron chi connectivity index (χ1n) is 10.3. The zero-order valence-electron chi connectivity index (χ0n) is 17.1. The van der Waals surface area contributed by atoms with Crippen LogP contribution < -0.4 is 4.74 Å². The third-order valence-electron chi connectivity index (χ3n) is 5.41. The number of aromatic nitrogens is 2. The summed E-state index contributed by atoms with van der Waals surface area (Å²) in [5.41, 5.74) is 2.80. The minimum atomic E-state index is -0.114. The molecule has 0 saturated carbocycles. The second-order valence-corrected chi connectivity index (χ2v) is 7.96. The lowest BCUT2D eigenvalue weighted by Crippen LogP contribution is -2.32. The summed E-state index contributed by atoms with van der Waals surface area (Å²) >= 11 is 6.32. The highest BCUT2D eigenvalue weighted by molar-refractivity contribution is 6.30. The first-order chi connectivity index (χ1) is 14.6. The van der Waals surface area contributed by atoms with E-state index in [0.29, 0.717) is 23.0 Å². The smallest absolute Gasteiger partial charge is 0.262 e. The molecule has 4 rings (SSSR count). The van der Waals surface area contributed by atoms with Crippen molar-refractivity contribution in [3.63, 3.8) is 0 Å². The van der Waals surface area contributed by atoms with Gasteiger partial charge in [0, 0.05) is 32.0 Å². The van der Waals surface area contributed by atoms with Gasteiger partial charge in [0.15, 0.2) is 5.82 Å². The number of benzene rings is 1. The SMILES string of the molecule is Cc1ccc2c(c1)OC=C(Cl)N(CCCCN1CC=C(c3ncccn3)CC1)C2=O. The molecule has 0 radical (unpaired) electrons. The van der Waals surface area contributed by atoms with Crippen molar-refractivity contribution in [2.75, 3.05) is 26.2 Å². The van der Waals surface area contributed by atoms with Crippen molar-refractivity contribution in [2.45, 2.75) is 26.2 Å². The molecule has 2 aliphatic rings. The van der Waals surface area contributed by atoms with Crippen molar-refractivity contribution >= 4 is 23.1 Å². The normalized spacial score (nSPS) is 17.0. The third kappa shape index (κ3) is 4.71. The van der Waals surface area contributed by atoms with Gasteiger partial charge >= 0.3 is 0 Å². The maximum atomic E-state index is 12.9. The second-order valence-electron chi connectivity index (χ2n) is 7.57. The van der Waals surface area contributed by atoms with Crippen LogP contribution >= 0.6 is 11.6 Å². The van der Waals surface area contributed by atoms with Crippen molar-refractivity contribution < 1.29 is 9.53 Å². The van der Waals surface area contributed by atoms with E-state index < -0.39 is 0 Å². The molecule has 0 bridgehead atoms. The van der Waals surface area contributed by atoms with E-state index in [1.54, 1.807) is 23.4 Å². The van der Waals surface area contributed by atoms with Gasteiger partial charge in [0.05, 0.1) is 5.56 Å². The van der Waals surface area contributed by atoms with E-state index in [4.69, 9.17) is 16.3 Å². The predicted octanol–water partition coefficient (Wildman–Crippen LogP) is 4.23. The fourth-order valence-corrected chi connectivity index (χ4v) is 3.92. The number of amides is 1. The Morgan fingerprint density at radius 1 is 1.17 bits per heavy atom. The summed E-state index contributed by atoms with van der Waals surface area (Å²) in [5.74, 6) is 1.27. The van der Waals surface area contributed by atoms with Crippen LogP contribution in [0.5, 0.6) is 5.75 Å². The van der Waals surface area contributed by atoms with Gasteiger partial charge in [0.1, 0.15) is 17.2 Å². The van der Waals surface area contributed by atoms with Crippen LogP contribution in [-0.4, -0.2) is 51.9 Å². The lowest BCUT2D eigenvalue weighted by molar-refractivity contribution is 0.0814. The van der Waals surface area contributed by atoms with E-state index in [1.807, 2.05) is 25.1 Å². The van der Waals surface area contributed by atoms with Crippen molar-refractivity contribution in [2.24, 2.45) is 0 Å². The molecule has 0 unspecified atom stereocenters. The number of carbonyl (C=O) groups is 1. The fourth-order valence-electron chi connectivity index (χ4n) is 3.72. The number of rotatable bonds is 6. The molecule has 6 nitrogen and oxygen atoms in total. The summed E-state index contributed by atoms with van der Waals surface area (Å²) < 4.78 is 5.61. The van der Waals surface area contributed by atoms with Crippen molar-refractivity contribution in [1.82, 2.24) is 19.8 Å². The number of nitrogens with zero attached hydrogens (tertiary/aromatic N) is 4. The number of hydrogen-bond donors (Lipinski definition) is 0. The standard InChI is InChI=1S/C23H25ClN4O2/c1-17-5-6-19-20(15-17)30-16-21(24)28(23(19)29)12-3-2-11-27-13-7-18(8-14-27)22-25-9-4-10-26-22/h4-7,9-10,15-16H,2-3,8,11-14H2,1H3. The van der Waals surface area contributed by atoms with E-state index in [0.717, 1.165) is 50.3 Å². The first kappa shape index (κ1) is 20.6. The fraction of sp³-hybridized carbons (Fsp3) is 0.348. The molecule has 2 aliphatic heterocycles. The molecule has 1 aromatic heterocycles. The maximum Gasteiger partial charge on any atom is 0.262 e. The van der Waals surface area contributed by atoms with Crippen LogP contribution in [0.3, 0.4) is 0 Å². The molecule has 2 aromatic rings. The number of ether oxygens (including phenoxy) is 1. The number of halogens is 1. The zero-order valence-corrected chi connectivity index (χ0v) is 17.8. The Labute approximate surface area is 181 Å². The Kier molecular flexibility index (Phi) is 6.45. The molecule has 1 amide bonds. The number of unbranched alkanes of at least 4 members (excludes halogenated alkanes) is 1. The summed E-state index contributed by atoms with van der Waals surface area (Å²) in [4.78, 5) is 25.6. The molecule has 0 aliphatic carbocycles. The molecule has 1 aromatic carbocycles. The Morgan fingerprint density at radius 2 is 1.97 bits per heavy atom. The predicted molar refractivity (Wildman–Crippen MR) is 117 cm³/mol. The van der Waals surface area contributed by atoms with Crippen LogP contribution in [0.1, 0.15) is 41.0 Å². The number of carbonyl (C=O) groups excluding carboxylic acids is 1. The highest BCUT2D eigenvalue weighted by Gasteiger charge is 2.25. The van der Waals surface area contributed by atoms with Crippen molar-refractivity contribution in [3.8, 4) is 5.75 Å². The highest BCUT2D eigenvalue weighted by atomic mass is 35.5. The van der Waals surface area contributed by atoms with Crippen LogP contribution in [0.25, 0.3) is 5.57 Å². The summed E-state index contributed by atoms with van der Waals surface area (Å²) in [7, 11) is 0. The van der Waals surface area contributed by atoms with E-state index in [2.05, 4.69) is 20.9 Å². The molecule has 7 heteroatoms. The number of fused-ring (bicyclic) bond motifs is 1. The Balaban J connectivity index is 1.28. The Hall–Kier alpha value is -2.70. The molecule has 3 heterocycles. The number of aryl methyl sites for hydroxylation is 1. The Morgan fingerprint density at radius 3 is 2.73 bits per heavy atom. The molecular formula is C23H25ClN4O2. The van der Waals surface area contributed by atoms with Crippen LogP contribution in [0.4, 0.5) is 0 Å². The molecule has 0 atom stereocenters. The zero-order chi connectivity index (χ0) is 20.9. The van der Waals surface area contributed by atoms with Crippen LogP contribution in [0.2, 0.25) is 0 Å². The third-order valence-corrected chi connectivity index (χ3v) is 5.70. The summed E-state index contributed by atoms with van der Waals surface area (Å²) in [6.07, 6.45) is 10.0. The summed E-state index contributed by atoms with van der Waals surface area (Å²) in [6.45, 7) is 5.41. The van der Waals surface area contributed by atoms with Gasteiger partial charge in [-0.25, -0.2) is 9.97 Å². The largest absolute Gasteiger partial charge is 0.461 e. The number of hydrogen-bond acceptors (Lipinski definition) is 5. The summed E-state index contributed by atoms with van der Waals surface area (Å²) in [6, 6.07) is 7.41. The van der Waals surface area contributed by atoms with Gasteiger partial charge in [-0.2, -0.15) is 0 Å². The van der Waals surface area contributed by atoms with Crippen molar-refractivity contribution in [3.05, 3.63) is 71.1 Å². The topological polar surface area (TPSA) is 58.6 Å². The van der Waals surface area contributed by atoms with Crippen molar-refractivity contribution in [1.29, 1.82) is 0 Å². The van der Waals surface area contributed by atoms with Gasteiger partial charge in [0.2, 0.25) is 0 Å². The average Bonchev–Trinajstić information content (AvgIpc) is 2.89. The van der Waals surface area contributed by atoms with Gasteiger partial charge < -0.3 is 4.74 Å². The minimum Gasteiger partial charge on any atom is -0.461 e. The van der Waals surface area contributed by atoms with Gasteiger partial charge in [-0.05, 0) is 62.1 Å².